The Morgan fingerprint density at radius 2 is 1.78 bits per heavy atom. The molecule has 2 aromatic rings. The van der Waals surface area contributed by atoms with Crippen LogP contribution in [0.15, 0.2) is 58.5 Å². The number of carbonyl (C=O) groups excluding carboxylic acids is 1. The Hall–Kier alpha value is -3.35. The van der Waals surface area contributed by atoms with E-state index in [4.69, 9.17) is 21.9 Å². The summed E-state index contributed by atoms with van der Waals surface area (Å²) in [6.07, 6.45) is 0. The summed E-state index contributed by atoms with van der Waals surface area (Å²) in [6, 6.07) is 14.3. The summed E-state index contributed by atoms with van der Waals surface area (Å²) in [6.45, 7) is 0. The number of ether oxygens (including phenoxy) is 1. The highest BCUT2D eigenvalue weighted by molar-refractivity contribution is 5.95. The van der Waals surface area contributed by atoms with Crippen LogP contribution in [0.2, 0.25) is 0 Å². The van der Waals surface area contributed by atoms with E-state index in [1.165, 1.54) is 7.11 Å². The van der Waals surface area contributed by atoms with Crippen LogP contribution in [0.3, 0.4) is 0 Å². The Morgan fingerprint density at radius 3 is 2.48 bits per heavy atom. The van der Waals surface area contributed by atoms with Gasteiger partial charge < -0.3 is 21.9 Å². The zero-order chi connectivity index (χ0) is 16.8. The minimum absolute atomic E-state index is 0.0541. The normalized spacial score (nSPS) is 10.9. The van der Waals surface area contributed by atoms with E-state index in [0.29, 0.717) is 11.3 Å². The number of carbonyl (C=O) groups is 1. The first kappa shape index (κ1) is 16.0. The number of guanidine groups is 2. The van der Waals surface area contributed by atoms with Gasteiger partial charge in [-0.2, -0.15) is 4.99 Å². The summed E-state index contributed by atoms with van der Waals surface area (Å²) in [7, 11) is 1.34. The lowest BCUT2D eigenvalue weighted by molar-refractivity contribution is 0.0601. The topological polar surface area (TPSA) is 129 Å². The van der Waals surface area contributed by atoms with Crippen molar-refractivity contribution in [2.45, 2.75) is 0 Å². The SMILES string of the molecule is COC(=O)c1cccc(-c2ccccc2N=C(N)N=C(N)N)c1. The van der Waals surface area contributed by atoms with E-state index in [-0.39, 0.29) is 11.9 Å². The van der Waals surface area contributed by atoms with Crippen LogP contribution in [0.4, 0.5) is 5.69 Å². The molecule has 6 N–H and O–H groups in total. The number of rotatable bonds is 3. The summed E-state index contributed by atoms with van der Waals surface area (Å²) in [5.74, 6) is -0.633. The molecule has 0 saturated heterocycles. The maximum Gasteiger partial charge on any atom is 0.337 e. The number of nitrogens with zero attached hydrogens (tertiary/aromatic N) is 2. The largest absolute Gasteiger partial charge is 0.465 e. The number of para-hydroxylation sites is 1. The van der Waals surface area contributed by atoms with Crippen LogP contribution in [0, 0.1) is 0 Å². The molecule has 23 heavy (non-hydrogen) atoms. The Kier molecular flexibility index (Phi) is 4.93. The summed E-state index contributed by atoms with van der Waals surface area (Å²) in [5, 5.41) is 0. The van der Waals surface area contributed by atoms with Crippen molar-refractivity contribution in [3.8, 4) is 11.1 Å². The van der Waals surface area contributed by atoms with Crippen LogP contribution in [-0.2, 0) is 4.74 Å². The molecule has 7 nitrogen and oxygen atoms in total. The van der Waals surface area contributed by atoms with E-state index in [2.05, 4.69) is 9.98 Å². The summed E-state index contributed by atoms with van der Waals surface area (Å²) in [4.78, 5) is 19.6. The van der Waals surface area contributed by atoms with Crippen molar-refractivity contribution >= 4 is 23.6 Å². The molecule has 0 aliphatic rings. The molecule has 0 aliphatic heterocycles. The monoisotopic (exact) mass is 311 g/mol. The fourth-order valence-electron chi connectivity index (χ4n) is 2.03. The third-order valence-electron chi connectivity index (χ3n) is 2.98. The quantitative estimate of drug-likeness (QED) is 0.448. The zero-order valence-electron chi connectivity index (χ0n) is 12.6. The predicted molar refractivity (Wildman–Crippen MR) is 90.3 cm³/mol. The molecule has 2 rings (SSSR count). The smallest absolute Gasteiger partial charge is 0.337 e. The second kappa shape index (κ2) is 7.08. The van der Waals surface area contributed by atoms with Crippen LogP contribution in [0.1, 0.15) is 10.4 Å². The van der Waals surface area contributed by atoms with Gasteiger partial charge in [-0.05, 0) is 23.8 Å². The van der Waals surface area contributed by atoms with E-state index in [0.717, 1.165) is 11.1 Å². The van der Waals surface area contributed by atoms with Crippen LogP contribution in [-0.4, -0.2) is 25.0 Å². The van der Waals surface area contributed by atoms with Crippen molar-refractivity contribution in [2.75, 3.05) is 7.11 Å². The molecule has 0 spiro atoms. The van der Waals surface area contributed by atoms with E-state index in [1.54, 1.807) is 24.3 Å². The van der Waals surface area contributed by atoms with Crippen molar-refractivity contribution in [3.05, 3.63) is 54.1 Å². The molecule has 7 heteroatoms. The highest BCUT2D eigenvalue weighted by Gasteiger charge is 2.09. The van der Waals surface area contributed by atoms with E-state index in [9.17, 15) is 4.79 Å². The molecule has 118 valence electrons. The molecule has 0 unspecified atom stereocenters. The Labute approximate surface area is 133 Å². The number of benzene rings is 2. The number of methoxy groups -OCH3 is 1. The third-order valence-corrected chi connectivity index (χ3v) is 2.98. The van der Waals surface area contributed by atoms with Crippen LogP contribution in [0.5, 0.6) is 0 Å². The van der Waals surface area contributed by atoms with Crippen molar-refractivity contribution < 1.29 is 9.53 Å². The summed E-state index contributed by atoms with van der Waals surface area (Å²) in [5.41, 5.74) is 18.8. The molecule has 0 radical (unpaired) electrons. The second-order valence-corrected chi connectivity index (χ2v) is 4.60. The minimum Gasteiger partial charge on any atom is -0.465 e. The standard InChI is InChI=1S/C16H17N5O2/c1-23-14(22)11-6-4-5-10(9-11)12-7-2-3-8-13(12)20-16(19)21-15(17)18/h2-9H,1H3,(H6,17,18,19,20,21). The molecule has 0 aromatic heterocycles. The highest BCUT2D eigenvalue weighted by atomic mass is 16.5. The fraction of sp³-hybridized carbons (Fsp3) is 0.0625. The fourth-order valence-corrected chi connectivity index (χ4v) is 2.03. The molecule has 0 saturated carbocycles. The lowest BCUT2D eigenvalue weighted by Gasteiger charge is -2.08. The molecule has 2 aromatic carbocycles. The van der Waals surface area contributed by atoms with E-state index in [1.807, 2.05) is 24.3 Å². The Morgan fingerprint density at radius 1 is 1.04 bits per heavy atom. The molecule has 0 bridgehead atoms. The molecule has 0 fully saturated rings. The highest BCUT2D eigenvalue weighted by Crippen LogP contribution is 2.30. The lowest BCUT2D eigenvalue weighted by atomic mass is 10.0. The first-order valence-corrected chi connectivity index (χ1v) is 6.73. The van der Waals surface area contributed by atoms with Crippen LogP contribution < -0.4 is 17.2 Å². The number of hydrogen-bond acceptors (Lipinski definition) is 3. The van der Waals surface area contributed by atoms with Gasteiger partial charge in [-0.3, -0.25) is 0 Å². The third kappa shape index (κ3) is 4.07. The van der Waals surface area contributed by atoms with Gasteiger partial charge in [0.15, 0.2) is 5.96 Å². The van der Waals surface area contributed by atoms with Gasteiger partial charge >= 0.3 is 5.97 Å². The minimum atomic E-state index is -0.409. The Bertz CT molecular complexity index is 780. The van der Waals surface area contributed by atoms with Crippen molar-refractivity contribution in [2.24, 2.45) is 27.2 Å². The van der Waals surface area contributed by atoms with Gasteiger partial charge in [0, 0.05) is 5.56 Å². The second-order valence-electron chi connectivity index (χ2n) is 4.60. The van der Waals surface area contributed by atoms with Gasteiger partial charge in [-0.1, -0.05) is 30.3 Å². The molecule has 0 amide bonds. The maximum absolute atomic E-state index is 11.7. The summed E-state index contributed by atoms with van der Waals surface area (Å²) >= 11 is 0. The van der Waals surface area contributed by atoms with Gasteiger partial charge in [0.25, 0.3) is 0 Å². The number of hydrogen-bond donors (Lipinski definition) is 3. The molecule has 0 heterocycles. The molecule has 0 atom stereocenters. The van der Waals surface area contributed by atoms with Crippen molar-refractivity contribution in [1.29, 1.82) is 0 Å². The van der Waals surface area contributed by atoms with Crippen LogP contribution in [0.25, 0.3) is 11.1 Å². The van der Waals surface area contributed by atoms with Gasteiger partial charge in [-0.15, -0.1) is 0 Å². The Balaban J connectivity index is 2.49. The molecular formula is C16H17N5O2. The number of nitrogens with two attached hydrogens (primary N) is 3. The molecule has 0 aliphatic carbocycles. The average molecular weight is 311 g/mol. The first-order valence-electron chi connectivity index (χ1n) is 6.73. The van der Waals surface area contributed by atoms with Gasteiger partial charge in [0.2, 0.25) is 5.96 Å². The number of esters is 1. The predicted octanol–water partition coefficient (Wildman–Crippen LogP) is 1.36. The maximum atomic E-state index is 11.7. The first-order chi connectivity index (χ1) is 11.0. The van der Waals surface area contributed by atoms with Gasteiger partial charge in [0.1, 0.15) is 0 Å². The van der Waals surface area contributed by atoms with E-state index >= 15 is 0 Å². The van der Waals surface area contributed by atoms with Crippen LogP contribution >= 0.6 is 0 Å². The van der Waals surface area contributed by atoms with Crippen molar-refractivity contribution in [3.63, 3.8) is 0 Å². The lowest BCUT2D eigenvalue weighted by Crippen LogP contribution is -2.26. The average Bonchev–Trinajstić information content (AvgIpc) is 2.54. The molecular weight excluding hydrogens is 294 g/mol. The van der Waals surface area contributed by atoms with Gasteiger partial charge in [0.05, 0.1) is 18.4 Å². The zero-order valence-corrected chi connectivity index (χ0v) is 12.6. The van der Waals surface area contributed by atoms with E-state index < -0.39 is 5.97 Å². The summed E-state index contributed by atoms with van der Waals surface area (Å²) < 4.78 is 4.73. The van der Waals surface area contributed by atoms with Gasteiger partial charge in [-0.25, -0.2) is 9.79 Å². The number of aliphatic imine (C=N–C) groups is 2. The van der Waals surface area contributed by atoms with Crippen molar-refractivity contribution in [1.82, 2.24) is 0 Å².